The molecule has 0 radical (unpaired) electrons. The fourth-order valence-corrected chi connectivity index (χ4v) is 2.46. The van der Waals surface area contributed by atoms with E-state index in [1.807, 2.05) is 76.5 Å². The van der Waals surface area contributed by atoms with Gasteiger partial charge in [-0.3, -0.25) is 15.4 Å². The van der Waals surface area contributed by atoms with Gasteiger partial charge in [-0.2, -0.15) is 5.10 Å². The smallest absolute Gasteiger partial charge is 0.118 e. The second-order valence-corrected chi connectivity index (χ2v) is 7.22. The average Bonchev–Trinajstić information content (AvgIpc) is 2.98. The quantitative estimate of drug-likeness (QED) is 0.108. The summed E-state index contributed by atoms with van der Waals surface area (Å²) in [5.41, 5.74) is 11.2. The number of hydrogen-bond acceptors (Lipinski definition) is 6. The standard InChI is InChI=1S/C15H22N2.C10H13N3O.C2H7N.C2H6.C2H2/c1-4-5-6-7-13(2)14(3)17-12-15-8-10-16-11-9-15;1-11-13-8-12-7-9-3-5-10(14-2)6-4-9;1-2-3;2*1-2/h4-5,7-11,14,17H,6,12H2,1-3H3;3-6,8H,1,7H2,2H3,(H,12,13);2-3H2,1H3;1-2H3;1-2H/b5-4-,13-7-;;;;. The highest BCUT2D eigenvalue weighted by Gasteiger charge is 2.02. The van der Waals surface area contributed by atoms with Crippen molar-refractivity contribution < 1.29 is 4.74 Å². The number of terminal acetylenes is 1. The van der Waals surface area contributed by atoms with Gasteiger partial charge in [-0.25, -0.2) is 0 Å². The number of nitrogens with two attached hydrogens (primary N) is 1. The Morgan fingerprint density at radius 2 is 1.71 bits per heavy atom. The van der Waals surface area contributed by atoms with Gasteiger partial charge < -0.3 is 15.8 Å². The number of ether oxygens (including phenoxy) is 1. The van der Waals surface area contributed by atoms with Crippen molar-refractivity contribution in [1.29, 1.82) is 0 Å². The lowest BCUT2D eigenvalue weighted by atomic mass is 10.1. The number of aliphatic imine (C=N–C) groups is 1. The van der Waals surface area contributed by atoms with Crippen molar-refractivity contribution in [1.82, 2.24) is 15.7 Å². The highest BCUT2D eigenvalue weighted by Crippen LogP contribution is 2.11. The molecule has 0 saturated heterocycles. The molecular weight excluding hydrogens is 472 g/mol. The summed E-state index contributed by atoms with van der Waals surface area (Å²) in [5.74, 6) is 0.851. The number of hydrazone groups is 1. The lowest BCUT2D eigenvalue weighted by Crippen LogP contribution is -2.26. The molecule has 0 aliphatic carbocycles. The van der Waals surface area contributed by atoms with E-state index in [-0.39, 0.29) is 0 Å². The predicted molar refractivity (Wildman–Crippen MR) is 168 cm³/mol. The Balaban J connectivity index is -0.000000527. The van der Waals surface area contributed by atoms with Gasteiger partial charge >= 0.3 is 0 Å². The third kappa shape index (κ3) is 24.0. The van der Waals surface area contributed by atoms with Gasteiger partial charge in [-0.05, 0) is 69.1 Å². The van der Waals surface area contributed by atoms with Crippen LogP contribution in [-0.2, 0) is 13.1 Å². The molecule has 0 spiro atoms. The zero-order chi connectivity index (χ0) is 29.4. The van der Waals surface area contributed by atoms with Crippen molar-refractivity contribution >= 4 is 13.1 Å². The Labute approximate surface area is 232 Å². The van der Waals surface area contributed by atoms with E-state index in [4.69, 9.17) is 10.5 Å². The fraction of sp³-hybridized carbons (Fsp3) is 0.387. The minimum atomic E-state index is 0.411. The molecule has 0 amide bonds. The number of rotatable bonds is 11. The lowest BCUT2D eigenvalue weighted by Gasteiger charge is -2.14. The van der Waals surface area contributed by atoms with Crippen molar-refractivity contribution in [3.05, 3.63) is 83.7 Å². The van der Waals surface area contributed by atoms with Crippen LogP contribution in [0.25, 0.3) is 0 Å². The van der Waals surface area contributed by atoms with E-state index in [1.54, 1.807) is 7.11 Å². The molecule has 7 nitrogen and oxygen atoms in total. The van der Waals surface area contributed by atoms with E-state index < -0.39 is 0 Å². The first-order valence-electron chi connectivity index (χ1n) is 12.8. The summed E-state index contributed by atoms with van der Waals surface area (Å²) in [6.07, 6.45) is 20.7. The van der Waals surface area contributed by atoms with Crippen molar-refractivity contribution in [3.63, 3.8) is 0 Å². The van der Waals surface area contributed by atoms with Crippen LogP contribution >= 0.6 is 0 Å². The van der Waals surface area contributed by atoms with Gasteiger partial charge in [0.05, 0.1) is 13.7 Å². The van der Waals surface area contributed by atoms with Crippen LogP contribution < -0.4 is 21.2 Å². The Kier molecular flexibility index (Phi) is 32.0. The zero-order valence-electron chi connectivity index (χ0n) is 24.5. The van der Waals surface area contributed by atoms with Gasteiger partial charge in [0.25, 0.3) is 0 Å². The van der Waals surface area contributed by atoms with Gasteiger partial charge in [-0.1, -0.05) is 56.7 Å². The lowest BCUT2D eigenvalue weighted by molar-refractivity contribution is 0.414. The maximum absolute atomic E-state index is 5.04. The van der Waals surface area contributed by atoms with E-state index in [9.17, 15) is 0 Å². The highest BCUT2D eigenvalue weighted by molar-refractivity contribution is 5.54. The number of benzene rings is 1. The van der Waals surface area contributed by atoms with Crippen molar-refractivity contribution in [2.24, 2.45) is 15.8 Å². The monoisotopic (exact) mass is 522 g/mol. The molecule has 7 heteroatoms. The Hall–Kier alpha value is -3.73. The summed E-state index contributed by atoms with van der Waals surface area (Å²) in [7, 11) is 1.65. The third-order valence-corrected chi connectivity index (χ3v) is 4.53. The van der Waals surface area contributed by atoms with Gasteiger partial charge in [0.15, 0.2) is 0 Å². The molecule has 0 aliphatic rings. The van der Waals surface area contributed by atoms with Crippen molar-refractivity contribution in [2.75, 3.05) is 13.7 Å². The second kappa shape index (κ2) is 31.3. The molecule has 2 aromatic rings. The van der Waals surface area contributed by atoms with Crippen molar-refractivity contribution in [2.45, 2.75) is 67.1 Å². The van der Waals surface area contributed by atoms with Crippen LogP contribution in [0.5, 0.6) is 5.75 Å². The largest absolute Gasteiger partial charge is 0.497 e. The van der Waals surface area contributed by atoms with Crippen LogP contribution in [0.1, 0.15) is 59.1 Å². The molecular formula is C31H50N6O. The highest BCUT2D eigenvalue weighted by atomic mass is 16.5. The van der Waals surface area contributed by atoms with E-state index in [1.165, 1.54) is 17.5 Å². The summed E-state index contributed by atoms with van der Waals surface area (Å²) in [6.45, 7) is 17.8. The molecule has 0 aliphatic heterocycles. The van der Waals surface area contributed by atoms with Crippen molar-refractivity contribution in [3.8, 4) is 18.6 Å². The van der Waals surface area contributed by atoms with E-state index in [0.717, 1.165) is 30.8 Å². The molecule has 1 unspecified atom stereocenters. The molecule has 1 aromatic carbocycles. The minimum absolute atomic E-state index is 0.411. The number of nitrogens with zero attached hydrogens (tertiary/aromatic N) is 3. The summed E-state index contributed by atoms with van der Waals surface area (Å²) in [4.78, 5) is 8.09. The Morgan fingerprint density at radius 1 is 1.13 bits per heavy atom. The van der Waals surface area contributed by atoms with E-state index in [0.29, 0.717) is 12.6 Å². The number of nitrogens with one attached hydrogen (secondary N) is 2. The van der Waals surface area contributed by atoms with Crippen LogP contribution in [-0.4, -0.2) is 37.7 Å². The second-order valence-electron chi connectivity index (χ2n) is 7.22. The number of aromatic nitrogens is 1. The molecule has 1 atom stereocenters. The molecule has 210 valence electrons. The van der Waals surface area contributed by atoms with Gasteiger partial charge in [-0.15, -0.1) is 12.8 Å². The maximum atomic E-state index is 5.04. The van der Waals surface area contributed by atoms with Crippen LogP contribution in [0, 0.1) is 12.8 Å². The van der Waals surface area contributed by atoms with Gasteiger partial charge in [0.1, 0.15) is 12.1 Å². The van der Waals surface area contributed by atoms with Gasteiger partial charge in [0.2, 0.25) is 0 Å². The first-order valence-corrected chi connectivity index (χ1v) is 12.8. The minimum Gasteiger partial charge on any atom is -0.497 e. The third-order valence-electron chi connectivity index (χ3n) is 4.53. The Morgan fingerprint density at radius 3 is 2.21 bits per heavy atom. The first kappa shape index (κ1) is 38.8. The predicted octanol–water partition coefficient (Wildman–Crippen LogP) is 6.14. The Bertz CT molecular complexity index is 874. The average molecular weight is 523 g/mol. The molecule has 0 bridgehead atoms. The van der Waals surface area contributed by atoms with Crippen LogP contribution in [0.3, 0.4) is 0 Å². The normalized spacial score (nSPS) is 10.7. The molecule has 0 fully saturated rings. The topological polar surface area (TPSA) is 96.9 Å². The number of hydrogen-bond donors (Lipinski definition) is 3. The summed E-state index contributed by atoms with van der Waals surface area (Å²) < 4.78 is 5.04. The number of allylic oxidation sites excluding steroid dienone is 3. The van der Waals surface area contributed by atoms with Crippen LogP contribution in [0.4, 0.5) is 0 Å². The van der Waals surface area contributed by atoms with Gasteiger partial charge in [0, 0.05) is 31.7 Å². The number of pyridine rings is 1. The SMILES string of the molecule is C#C.C/C=C\C/C=C(/C)C(C)NCc1ccncc1.C=NNC=NCc1ccc(OC)cc1.CC.CCN. The van der Waals surface area contributed by atoms with E-state index in [2.05, 4.69) is 77.5 Å². The van der Waals surface area contributed by atoms with Crippen LogP contribution in [0.2, 0.25) is 0 Å². The molecule has 38 heavy (non-hydrogen) atoms. The zero-order valence-corrected chi connectivity index (χ0v) is 24.5. The van der Waals surface area contributed by atoms with E-state index >= 15 is 0 Å². The summed E-state index contributed by atoms with van der Waals surface area (Å²) in [6, 6.07) is 12.2. The molecule has 2 rings (SSSR count). The maximum Gasteiger partial charge on any atom is 0.118 e. The first-order chi connectivity index (χ1) is 18.5. The summed E-state index contributed by atoms with van der Waals surface area (Å²) >= 11 is 0. The summed E-state index contributed by atoms with van der Waals surface area (Å²) in [5, 5.41) is 6.93. The van der Waals surface area contributed by atoms with Crippen LogP contribution in [0.15, 0.2) is 82.7 Å². The molecule has 4 N–H and O–H groups in total. The number of methoxy groups -OCH3 is 1. The fourth-order valence-electron chi connectivity index (χ4n) is 2.46. The molecule has 0 saturated carbocycles. The molecule has 1 heterocycles. The molecule has 1 aromatic heterocycles.